The van der Waals surface area contributed by atoms with Crippen molar-refractivity contribution in [3.05, 3.63) is 40.1 Å². The molecule has 0 fully saturated rings. The first-order chi connectivity index (χ1) is 7.09. The van der Waals surface area contributed by atoms with Crippen LogP contribution in [0, 0.1) is 17.0 Å². The van der Waals surface area contributed by atoms with Crippen LogP contribution in [0.3, 0.4) is 0 Å². The highest BCUT2D eigenvalue weighted by molar-refractivity contribution is 5.95. The van der Waals surface area contributed by atoms with Crippen molar-refractivity contribution in [3.8, 4) is 0 Å². The lowest BCUT2D eigenvalue weighted by molar-refractivity contribution is -0.383. The number of pyridine rings is 1. The van der Waals surface area contributed by atoms with E-state index in [1.807, 2.05) is 6.92 Å². The Balaban J connectivity index is 2.88. The van der Waals surface area contributed by atoms with Crippen molar-refractivity contribution in [1.82, 2.24) is 4.98 Å². The number of nitrogens with zero attached hydrogens (tertiary/aromatic N) is 2. The van der Waals surface area contributed by atoms with Gasteiger partial charge in [0.1, 0.15) is 5.52 Å². The quantitative estimate of drug-likeness (QED) is 0.436. The Morgan fingerprint density at radius 1 is 1.33 bits per heavy atom. The Hall–Kier alpha value is -2.17. The maximum absolute atomic E-state index is 10.7. The molecular formula is C10H9N3O2. The molecular weight excluding hydrogens is 194 g/mol. The monoisotopic (exact) mass is 203 g/mol. The number of aromatic nitrogens is 1. The molecule has 0 amide bonds. The minimum absolute atomic E-state index is 0.0340. The maximum Gasteiger partial charge on any atom is 0.278 e. The lowest BCUT2D eigenvalue weighted by Gasteiger charge is -2.02. The van der Waals surface area contributed by atoms with Crippen molar-refractivity contribution in [2.75, 3.05) is 5.73 Å². The predicted octanol–water partition coefficient (Wildman–Crippen LogP) is 2.03. The van der Waals surface area contributed by atoms with Crippen molar-refractivity contribution in [2.24, 2.45) is 0 Å². The molecule has 76 valence electrons. The van der Waals surface area contributed by atoms with Crippen LogP contribution in [-0.4, -0.2) is 9.91 Å². The number of aryl methyl sites for hydroxylation is 1. The van der Waals surface area contributed by atoms with Gasteiger partial charge < -0.3 is 5.73 Å². The fraction of sp³-hybridized carbons (Fsp3) is 0.100. The summed E-state index contributed by atoms with van der Waals surface area (Å²) in [5, 5.41) is 11.2. The number of non-ortho nitro benzene ring substituents is 1. The van der Waals surface area contributed by atoms with E-state index in [1.165, 1.54) is 12.1 Å². The van der Waals surface area contributed by atoms with Crippen molar-refractivity contribution in [2.45, 2.75) is 6.92 Å². The van der Waals surface area contributed by atoms with E-state index in [2.05, 4.69) is 4.98 Å². The van der Waals surface area contributed by atoms with Gasteiger partial charge in [0.15, 0.2) is 0 Å². The third-order valence-electron chi connectivity index (χ3n) is 2.20. The standard InChI is InChI=1S/C10H9N3O2/c1-6-2-3-7-9(13(14)15)5-4-8(11)10(7)12-6/h2-5H,11H2,1H3. The van der Waals surface area contributed by atoms with E-state index >= 15 is 0 Å². The molecule has 0 saturated heterocycles. The van der Waals surface area contributed by atoms with Gasteiger partial charge in [0, 0.05) is 11.8 Å². The topological polar surface area (TPSA) is 82.0 Å². The second-order valence-electron chi connectivity index (χ2n) is 3.28. The van der Waals surface area contributed by atoms with Gasteiger partial charge in [-0.25, -0.2) is 0 Å². The van der Waals surface area contributed by atoms with E-state index in [0.717, 1.165) is 5.69 Å². The normalized spacial score (nSPS) is 10.5. The molecule has 5 heteroatoms. The Labute approximate surface area is 85.7 Å². The molecule has 0 aliphatic rings. The number of nitro groups is 1. The average Bonchev–Trinajstić information content (AvgIpc) is 2.19. The zero-order valence-corrected chi connectivity index (χ0v) is 8.10. The van der Waals surface area contributed by atoms with Crippen LogP contribution in [-0.2, 0) is 0 Å². The molecule has 0 radical (unpaired) electrons. The van der Waals surface area contributed by atoms with E-state index in [1.54, 1.807) is 12.1 Å². The zero-order chi connectivity index (χ0) is 11.0. The van der Waals surface area contributed by atoms with E-state index in [4.69, 9.17) is 5.73 Å². The van der Waals surface area contributed by atoms with E-state index < -0.39 is 4.92 Å². The Morgan fingerprint density at radius 3 is 2.73 bits per heavy atom. The SMILES string of the molecule is Cc1ccc2c([N+](=O)[O-])ccc(N)c2n1. The third-order valence-corrected chi connectivity index (χ3v) is 2.20. The van der Waals surface area contributed by atoms with Crippen molar-refractivity contribution < 1.29 is 4.92 Å². The van der Waals surface area contributed by atoms with Crippen LogP contribution in [0.25, 0.3) is 10.9 Å². The van der Waals surface area contributed by atoms with Crippen LogP contribution < -0.4 is 5.73 Å². The van der Waals surface area contributed by atoms with Crippen LogP contribution >= 0.6 is 0 Å². The molecule has 2 rings (SSSR count). The summed E-state index contributed by atoms with van der Waals surface area (Å²) >= 11 is 0. The van der Waals surface area contributed by atoms with E-state index in [9.17, 15) is 10.1 Å². The fourth-order valence-electron chi connectivity index (χ4n) is 1.48. The number of nitrogens with two attached hydrogens (primary N) is 1. The summed E-state index contributed by atoms with van der Waals surface area (Å²) < 4.78 is 0. The Kier molecular flexibility index (Phi) is 2.00. The summed E-state index contributed by atoms with van der Waals surface area (Å²) in [6, 6.07) is 6.31. The van der Waals surface area contributed by atoms with Crippen molar-refractivity contribution in [1.29, 1.82) is 0 Å². The molecule has 1 heterocycles. The predicted molar refractivity (Wildman–Crippen MR) is 57.5 cm³/mol. The second-order valence-corrected chi connectivity index (χ2v) is 3.28. The van der Waals surface area contributed by atoms with Crippen LogP contribution in [0.2, 0.25) is 0 Å². The summed E-state index contributed by atoms with van der Waals surface area (Å²) in [7, 11) is 0. The molecule has 0 aliphatic carbocycles. The van der Waals surface area contributed by atoms with E-state index in [-0.39, 0.29) is 5.69 Å². The van der Waals surface area contributed by atoms with Gasteiger partial charge in [-0.2, -0.15) is 0 Å². The highest BCUT2D eigenvalue weighted by atomic mass is 16.6. The van der Waals surface area contributed by atoms with Gasteiger partial charge >= 0.3 is 0 Å². The van der Waals surface area contributed by atoms with E-state index in [0.29, 0.717) is 16.6 Å². The second kappa shape index (κ2) is 3.20. The Bertz CT molecular complexity index is 552. The Morgan fingerprint density at radius 2 is 2.07 bits per heavy atom. The van der Waals surface area contributed by atoms with Crippen molar-refractivity contribution >= 4 is 22.3 Å². The minimum atomic E-state index is -0.432. The van der Waals surface area contributed by atoms with Gasteiger partial charge in [-0.15, -0.1) is 0 Å². The summed E-state index contributed by atoms with van der Waals surface area (Å²) in [4.78, 5) is 14.5. The molecule has 0 aliphatic heterocycles. The van der Waals surface area contributed by atoms with Gasteiger partial charge in [-0.05, 0) is 25.1 Å². The molecule has 0 atom stereocenters. The highest BCUT2D eigenvalue weighted by Gasteiger charge is 2.13. The molecule has 0 unspecified atom stereocenters. The number of fused-ring (bicyclic) bond motifs is 1. The number of hydrogen-bond donors (Lipinski definition) is 1. The van der Waals surface area contributed by atoms with Gasteiger partial charge in [0.05, 0.1) is 16.0 Å². The smallest absolute Gasteiger partial charge is 0.278 e. The number of benzene rings is 1. The van der Waals surface area contributed by atoms with Crippen LogP contribution in [0.1, 0.15) is 5.69 Å². The highest BCUT2D eigenvalue weighted by Crippen LogP contribution is 2.28. The molecule has 0 saturated carbocycles. The molecule has 1 aromatic heterocycles. The summed E-state index contributed by atoms with van der Waals surface area (Å²) in [5.74, 6) is 0. The number of anilines is 1. The van der Waals surface area contributed by atoms with Gasteiger partial charge in [-0.1, -0.05) is 0 Å². The zero-order valence-electron chi connectivity index (χ0n) is 8.10. The van der Waals surface area contributed by atoms with Gasteiger partial charge in [0.2, 0.25) is 0 Å². The fourth-order valence-corrected chi connectivity index (χ4v) is 1.48. The maximum atomic E-state index is 10.7. The number of nitro benzene ring substituents is 1. The van der Waals surface area contributed by atoms with Gasteiger partial charge in [0.25, 0.3) is 5.69 Å². The third kappa shape index (κ3) is 1.48. The molecule has 0 bridgehead atoms. The summed E-state index contributed by atoms with van der Waals surface area (Å²) in [6.07, 6.45) is 0. The number of rotatable bonds is 1. The summed E-state index contributed by atoms with van der Waals surface area (Å²) in [5.41, 5.74) is 7.48. The first kappa shape index (κ1) is 9.39. The molecule has 2 N–H and O–H groups in total. The minimum Gasteiger partial charge on any atom is -0.397 e. The first-order valence-electron chi connectivity index (χ1n) is 4.40. The number of nitrogen functional groups attached to an aromatic ring is 1. The first-order valence-corrected chi connectivity index (χ1v) is 4.40. The van der Waals surface area contributed by atoms with Crippen LogP contribution in [0.5, 0.6) is 0 Å². The number of hydrogen-bond acceptors (Lipinski definition) is 4. The molecule has 1 aromatic carbocycles. The lowest BCUT2D eigenvalue weighted by atomic mass is 10.1. The van der Waals surface area contributed by atoms with Crippen LogP contribution in [0.15, 0.2) is 24.3 Å². The molecule has 2 aromatic rings. The van der Waals surface area contributed by atoms with Gasteiger partial charge in [-0.3, -0.25) is 15.1 Å². The molecule has 0 spiro atoms. The summed E-state index contributed by atoms with van der Waals surface area (Å²) in [6.45, 7) is 1.82. The molecule has 15 heavy (non-hydrogen) atoms. The lowest BCUT2D eigenvalue weighted by Crippen LogP contribution is -1.95. The largest absolute Gasteiger partial charge is 0.397 e. The van der Waals surface area contributed by atoms with Crippen LogP contribution in [0.4, 0.5) is 11.4 Å². The average molecular weight is 203 g/mol. The molecule has 5 nitrogen and oxygen atoms in total. The van der Waals surface area contributed by atoms with Crippen molar-refractivity contribution in [3.63, 3.8) is 0 Å².